The first kappa shape index (κ1) is 17.2. The molecule has 0 aliphatic heterocycles. The van der Waals surface area contributed by atoms with E-state index < -0.39 is 22.2 Å². The SMILES string of the molecule is CCOC(=O)C(OS(C)(=O)=O)c1cc(OC)nc(OC)c1. The van der Waals surface area contributed by atoms with E-state index >= 15 is 0 Å². The lowest BCUT2D eigenvalue weighted by Crippen LogP contribution is -2.22. The molecule has 9 heteroatoms. The zero-order valence-electron chi connectivity index (χ0n) is 12.2. The first-order chi connectivity index (χ1) is 9.80. The van der Waals surface area contributed by atoms with Crippen LogP contribution in [0.2, 0.25) is 0 Å². The van der Waals surface area contributed by atoms with Gasteiger partial charge in [-0.3, -0.25) is 4.18 Å². The van der Waals surface area contributed by atoms with Crippen molar-refractivity contribution in [1.29, 1.82) is 0 Å². The average molecular weight is 319 g/mol. The van der Waals surface area contributed by atoms with Crippen LogP contribution in [-0.4, -0.2) is 46.5 Å². The number of rotatable bonds is 7. The Balaban J connectivity index is 3.27. The smallest absolute Gasteiger partial charge is 0.341 e. The topological polar surface area (TPSA) is 101 Å². The highest BCUT2D eigenvalue weighted by Gasteiger charge is 2.28. The molecule has 0 aliphatic rings. The van der Waals surface area contributed by atoms with E-state index in [4.69, 9.17) is 18.4 Å². The Kier molecular flexibility index (Phi) is 5.91. The molecule has 1 rings (SSSR count). The number of nitrogens with zero attached hydrogens (tertiary/aromatic N) is 1. The van der Waals surface area contributed by atoms with Crippen LogP contribution in [0, 0.1) is 0 Å². The number of methoxy groups -OCH3 is 2. The highest BCUT2D eigenvalue weighted by molar-refractivity contribution is 7.86. The van der Waals surface area contributed by atoms with Gasteiger partial charge in [0.15, 0.2) is 6.10 Å². The molecule has 21 heavy (non-hydrogen) atoms. The summed E-state index contributed by atoms with van der Waals surface area (Å²) in [7, 11) is -1.12. The predicted molar refractivity (Wildman–Crippen MR) is 72.6 cm³/mol. The number of carbonyl (C=O) groups is 1. The third-order valence-electron chi connectivity index (χ3n) is 2.29. The van der Waals surface area contributed by atoms with Crippen molar-refractivity contribution in [3.8, 4) is 11.8 Å². The van der Waals surface area contributed by atoms with Gasteiger partial charge in [0, 0.05) is 17.7 Å². The maximum absolute atomic E-state index is 11.9. The van der Waals surface area contributed by atoms with Crippen LogP contribution in [0.4, 0.5) is 0 Å². The monoisotopic (exact) mass is 319 g/mol. The molecule has 1 heterocycles. The molecule has 0 spiro atoms. The molecule has 0 saturated heterocycles. The minimum atomic E-state index is -3.88. The Hall–Kier alpha value is -1.87. The first-order valence-electron chi connectivity index (χ1n) is 5.95. The second-order valence-electron chi connectivity index (χ2n) is 3.92. The van der Waals surface area contributed by atoms with Crippen molar-refractivity contribution in [2.24, 2.45) is 0 Å². The summed E-state index contributed by atoms with van der Waals surface area (Å²) in [5.74, 6) is -0.537. The van der Waals surface area contributed by atoms with Crippen LogP contribution in [-0.2, 0) is 23.8 Å². The van der Waals surface area contributed by atoms with Crippen molar-refractivity contribution in [3.63, 3.8) is 0 Å². The summed E-state index contributed by atoms with van der Waals surface area (Å²) in [5, 5.41) is 0. The summed E-state index contributed by atoms with van der Waals surface area (Å²) in [4.78, 5) is 15.9. The molecule has 0 fully saturated rings. The summed E-state index contributed by atoms with van der Waals surface area (Å²) in [5.41, 5.74) is 0.197. The molecule has 0 N–H and O–H groups in total. The number of pyridine rings is 1. The summed E-state index contributed by atoms with van der Waals surface area (Å²) in [6.45, 7) is 1.69. The van der Waals surface area contributed by atoms with Gasteiger partial charge in [-0.2, -0.15) is 13.4 Å². The Labute approximate surface area is 123 Å². The first-order valence-corrected chi connectivity index (χ1v) is 7.77. The van der Waals surface area contributed by atoms with Gasteiger partial charge in [-0.1, -0.05) is 0 Å². The summed E-state index contributed by atoms with van der Waals surface area (Å²) in [6, 6.07) is 2.74. The zero-order valence-corrected chi connectivity index (χ0v) is 13.0. The van der Waals surface area contributed by atoms with Crippen LogP contribution in [0.25, 0.3) is 0 Å². The number of hydrogen-bond acceptors (Lipinski definition) is 8. The molecule has 118 valence electrons. The lowest BCUT2D eigenvalue weighted by Gasteiger charge is -2.16. The van der Waals surface area contributed by atoms with E-state index in [1.807, 2.05) is 0 Å². The number of carbonyl (C=O) groups excluding carboxylic acids is 1. The average Bonchev–Trinajstić information content (AvgIpc) is 2.43. The Morgan fingerprint density at radius 1 is 1.24 bits per heavy atom. The predicted octanol–water partition coefficient (Wildman–Crippen LogP) is 0.679. The third-order valence-corrected chi connectivity index (χ3v) is 2.84. The number of ether oxygens (including phenoxy) is 3. The minimum absolute atomic E-state index is 0.0851. The fraction of sp³-hybridized carbons (Fsp3) is 0.500. The van der Waals surface area contributed by atoms with Crippen molar-refractivity contribution in [3.05, 3.63) is 17.7 Å². The number of esters is 1. The van der Waals surface area contributed by atoms with Gasteiger partial charge >= 0.3 is 5.97 Å². The molecule has 8 nitrogen and oxygen atoms in total. The lowest BCUT2D eigenvalue weighted by molar-refractivity contribution is -0.151. The fourth-order valence-corrected chi connectivity index (χ4v) is 2.02. The van der Waals surface area contributed by atoms with E-state index in [9.17, 15) is 13.2 Å². The largest absolute Gasteiger partial charge is 0.481 e. The molecule has 0 amide bonds. The minimum Gasteiger partial charge on any atom is -0.481 e. The van der Waals surface area contributed by atoms with Gasteiger partial charge in [0.05, 0.1) is 27.1 Å². The van der Waals surface area contributed by atoms with Gasteiger partial charge in [-0.25, -0.2) is 4.79 Å². The van der Waals surface area contributed by atoms with Gasteiger partial charge in [0.2, 0.25) is 11.8 Å². The van der Waals surface area contributed by atoms with Crippen LogP contribution >= 0.6 is 0 Å². The van der Waals surface area contributed by atoms with E-state index in [0.29, 0.717) is 0 Å². The fourth-order valence-electron chi connectivity index (χ4n) is 1.48. The molecule has 0 bridgehead atoms. The van der Waals surface area contributed by atoms with Crippen LogP contribution in [0.1, 0.15) is 18.6 Å². The third kappa shape index (κ3) is 5.20. The summed E-state index contributed by atoms with van der Waals surface area (Å²) >= 11 is 0. The molecule has 1 aromatic heterocycles. The van der Waals surface area contributed by atoms with Gasteiger partial charge in [0.1, 0.15) is 0 Å². The Morgan fingerprint density at radius 2 is 1.76 bits per heavy atom. The van der Waals surface area contributed by atoms with Crippen molar-refractivity contribution < 1.29 is 31.6 Å². The van der Waals surface area contributed by atoms with Crippen molar-refractivity contribution in [1.82, 2.24) is 4.98 Å². The lowest BCUT2D eigenvalue weighted by atomic mass is 10.1. The van der Waals surface area contributed by atoms with Crippen molar-refractivity contribution in [2.75, 3.05) is 27.1 Å². The quantitative estimate of drug-likeness (QED) is 0.534. The Bertz CT molecular complexity index is 577. The molecular formula is C12H17NO7S. The van der Waals surface area contributed by atoms with E-state index in [-0.39, 0.29) is 23.9 Å². The molecule has 0 radical (unpaired) electrons. The summed E-state index contributed by atoms with van der Waals surface area (Å²) in [6.07, 6.45) is -0.611. The molecule has 1 unspecified atom stereocenters. The number of hydrogen-bond donors (Lipinski definition) is 0. The van der Waals surface area contributed by atoms with E-state index in [1.165, 1.54) is 26.4 Å². The van der Waals surface area contributed by atoms with Gasteiger partial charge in [0.25, 0.3) is 10.1 Å². The Morgan fingerprint density at radius 3 is 2.14 bits per heavy atom. The number of aromatic nitrogens is 1. The van der Waals surface area contributed by atoms with Gasteiger partial charge < -0.3 is 14.2 Å². The maximum Gasteiger partial charge on any atom is 0.341 e. The summed E-state index contributed by atoms with van der Waals surface area (Å²) < 4.78 is 42.2. The van der Waals surface area contributed by atoms with Crippen molar-refractivity contribution in [2.45, 2.75) is 13.0 Å². The van der Waals surface area contributed by atoms with Crippen molar-refractivity contribution >= 4 is 16.1 Å². The molecule has 1 aromatic rings. The normalized spacial score (nSPS) is 12.6. The van der Waals surface area contributed by atoms with Crippen LogP contribution in [0.15, 0.2) is 12.1 Å². The van der Waals surface area contributed by atoms with E-state index in [1.54, 1.807) is 6.92 Å². The highest BCUT2D eigenvalue weighted by atomic mass is 32.2. The molecule has 0 saturated carbocycles. The molecular weight excluding hydrogens is 302 g/mol. The van der Waals surface area contributed by atoms with Gasteiger partial charge in [-0.15, -0.1) is 0 Å². The standard InChI is InChI=1S/C12H17NO7S/c1-5-19-12(14)11(20-21(4,15)16)8-6-9(17-2)13-10(7-8)18-3/h6-7,11H,5H2,1-4H3. The van der Waals surface area contributed by atoms with Crippen LogP contribution in [0.3, 0.4) is 0 Å². The van der Waals surface area contributed by atoms with Gasteiger partial charge in [-0.05, 0) is 6.92 Å². The molecule has 0 aromatic carbocycles. The van der Waals surface area contributed by atoms with Crippen LogP contribution in [0.5, 0.6) is 11.8 Å². The van der Waals surface area contributed by atoms with Crippen LogP contribution < -0.4 is 9.47 Å². The zero-order chi connectivity index (χ0) is 16.0. The highest BCUT2D eigenvalue weighted by Crippen LogP contribution is 2.27. The maximum atomic E-state index is 11.9. The molecule has 0 aliphatic carbocycles. The second-order valence-corrected chi connectivity index (χ2v) is 5.52. The van der Waals surface area contributed by atoms with E-state index in [2.05, 4.69) is 4.98 Å². The second kappa shape index (κ2) is 7.23. The van der Waals surface area contributed by atoms with E-state index in [0.717, 1.165) is 6.26 Å². The molecule has 1 atom stereocenters.